The van der Waals surface area contributed by atoms with Gasteiger partial charge in [0.1, 0.15) is 0 Å². The zero-order valence-electron chi connectivity index (χ0n) is 11.7. The Hall–Kier alpha value is -1.84. The lowest BCUT2D eigenvalue weighted by Gasteiger charge is -2.23. The van der Waals surface area contributed by atoms with E-state index in [2.05, 4.69) is 0 Å². The number of nitrogens with two attached hydrogens (primary N) is 1. The summed E-state index contributed by atoms with van der Waals surface area (Å²) in [5.41, 5.74) is 7.46. The number of anilines is 2. The van der Waals surface area contributed by atoms with Gasteiger partial charge in [-0.1, -0.05) is 19.9 Å². The topological polar surface area (TPSA) is 63.4 Å². The average Bonchev–Trinajstić information content (AvgIpc) is 2.65. The third-order valence-electron chi connectivity index (χ3n) is 4.27. The van der Waals surface area contributed by atoms with Crippen molar-refractivity contribution < 1.29 is 9.59 Å². The van der Waals surface area contributed by atoms with Gasteiger partial charge in [-0.2, -0.15) is 0 Å². The molecule has 4 nitrogen and oxygen atoms in total. The van der Waals surface area contributed by atoms with E-state index >= 15 is 0 Å². The smallest absolute Gasteiger partial charge is 0.240 e. The molecule has 1 heterocycles. The van der Waals surface area contributed by atoms with E-state index in [-0.39, 0.29) is 11.8 Å². The predicted octanol–water partition coefficient (Wildman–Crippen LogP) is 2.65. The van der Waals surface area contributed by atoms with Crippen LogP contribution in [-0.4, -0.2) is 11.8 Å². The van der Waals surface area contributed by atoms with Crippen LogP contribution in [0.15, 0.2) is 18.2 Å². The van der Waals surface area contributed by atoms with Crippen LogP contribution in [0.1, 0.15) is 38.7 Å². The quantitative estimate of drug-likeness (QED) is 0.671. The zero-order valence-corrected chi connectivity index (χ0v) is 11.7. The van der Waals surface area contributed by atoms with Crippen molar-refractivity contribution in [2.24, 2.45) is 5.41 Å². The lowest BCUT2D eigenvalue weighted by molar-refractivity contribution is -0.126. The highest BCUT2D eigenvalue weighted by Gasteiger charge is 2.49. The number of carbonyl (C=O) groups excluding carboxylic acids is 2. The summed E-state index contributed by atoms with van der Waals surface area (Å²) >= 11 is 0. The molecule has 19 heavy (non-hydrogen) atoms. The van der Waals surface area contributed by atoms with Crippen LogP contribution in [0.4, 0.5) is 11.4 Å². The fraction of sp³-hybridized carbons (Fsp3) is 0.467. The summed E-state index contributed by atoms with van der Waals surface area (Å²) in [7, 11) is 0. The number of rotatable bonds is 3. The van der Waals surface area contributed by atoms with Crippen LogP contribution < -0.4 is 10.6 Å². The van der Waals surface area contributed by atoms with E-state index in [9.17, 15) is 9.59 Å². The van der Waals surface area contributed by atoms with Crippen molar-refractivity contribution >= 4 is 23.2 Å². The zero-order chi connectivity index (χ0) is 14.2. The first-order valence-corrected chi connectivity index (χ1v) is 6.68. The standard InChI is InChI=1S/C15H20N2O2/c1-4-15(5-2)9-13(18)17(14(15)19)11-7-6-10(3)12(16)8-11/h6-8H,4-5,9,16H2,1-3H3. The Morgan fingerprint density at radius 1 is 1.26 bits per heavy atom. The van der Waals surface area contributed by atoms with E-state index in [1.54, 1.807) is 12.1 Å². The van der Waals surface area contributed by atoms with E-state index in [0.717, 1.165) is 5.56 Å². The fourth-order valence-corrected chi connectivity index (χ4v) is 2.63. The first kappa shape index (κ1) is 13.6. The summed E-state index contributed by atoms with van der Waals surface area (Å²) < 4.78 is 0. The molecule has 0 spiro atoms. The number of amides is 2. The van der Waals surface area contributed by atoms with Crippen molar-refractivity contribution in [2.75, 3.05) is 10.6 Å². The van der Waals surface area contributed by atoms with Gasteiger partial charge in [0.15, 0.2) is 0 Å². The van der Waals surface area contributed by atoms with Crippen molar-refractivity contribution in [3.63, 3.8) is 0 Å². The third-order valence-corrected chi connectivity index (χ3v) is 4.27. The molecule has 1 aliphatic rings. The van der Waals surface area contributed by atoms with E-state index in [1.165, 1.54) is 4.90 Å². The molecule has 1 aromatic carbocycles. The minimum Gasteiger partial charge on any atom is -0.398 e. The van der Waals surface area contributed by atoms with Crippen LogP contribution in [-0.2, 0) is 9.59 Å². The second-order valence-corrected chi connectivity index (χ2v) is 5.24. The van der Waals surface area contributed by atoms with Gasteiger partial charge in [-0.25, -0.2) is 4.90 Å². The molecule has 0 aliphatic carbocycles. The number of nitrogens with zero attached hydrogens (tertiary/aromatic N) is 1. The number of hydrogen-bond acceptors (Lipinski definition) is 3. The average molecular weight is 260 g/mol. The Morgan fingerprint density at radius 3 is 2.37 bits per heavy atom. The van der Waals surface area contributed by atoms with Crippen LogP contribution in [0.3, 0.4) is 0 Å². The van der Waals surface area contributed by atoms with E-state index in [0.29, 0.717) is 30.6 Å². The summed E-state index contributed by atoms with van der Waals surface area (Å²) in [6.45, 7) is 5.82. The van der Waals surface area contributed by atoms with Crippen molar-refractivity contribution in [1.82, 2.24) is 0 Å². The Balaban J connectivity index is 2.43. The summed E-state index contributed by atoms with van der Waals surface area (Å²) in [5, 5.41) is 0. The monoisotopic (exact) mass is 260 g/mol. The maximum absolute atomic E-state index is 12.6. The van der Waals surface area contributed by atoms with Crippen molar-refractivity contribution in [3.8, 4) is 0 Å². The first-order chi connectivity index (χ1) is 8.95. The van der Waals surface area contributed by atoms with Gasteiger partial charge in [0.2, 0.25) is 11.8 Å². The molecule has 1 aliphatic heterocycles. The van der Waals surface area contributed by atoms with Crippen LogP contribution in [0.5, 0.6) is 0 Å². The fourth-order valence-electron chi connectivity index (χ4n) is 2.63. The number of nitrogen functional groups attached to an aromatic ring is 1. The molecule has 102 valence electrons. The summed E-state index contributed by atoms with van der Waals surface area (Å²) in [6, 6.07) is 5.32. The molecule has 2 amide bonds. The van der Waals surface area contributed by atoms with Gasteiger partial charge >= 0.3 is 0 Å². The van der Waals surface area contributed by atoms with Gasteiger partial charge in [-0.15, -0.1) is 0 Å². The highest BCUT2D eigenvalue weighted by Crippen LogP contribution is 2.41. The van der Waals surface area contributed by atoms with E-state index in [1.807, 2.05) is 26.8 Å². The normalized spacial score (nSPS) is 18.2. The Morgan fingerprint density at radius 2 is 1.89 bits per heavy atom. The summed E-state index contributed by atoms with van der Waals surface area (Å²) in [5.74, 6) is -0.220. The molecule has 1 saturated heterocycles. The Bertz CT molecular complexity index is 533. The maximum atomic E-state index is 12.6. The molecule has 4 heteroatoms. The van der Waals surface area contributed by atoms with Gasteiger partial charge in [0.25, 0.3) is 0 Å². The van der Waals surface area contributed by atoms with Gasteiger partial charge < -0.3 is 5.73 Å². The molecular formula is C15H20N2O2. The molecule has 0 radical (unpaired) electrons. The molecule has 2 rings (SSSR count). The molecular weight excluding hydrogens is 240 g/mol. The maximum Gasteiger partial charge on any atom is 0.240 e. The Kier molecular flexibility index (Phi) is 3.35. The van der Waals surface area contributed by atoms with Crippen molar-refractivity contribution in [3.05, 3.63) is 23.8 Å². The van der Waals surface area contributed by atoms with Gasteiger partial charge in [-0.05, 0) is 37.5 Å². The molecule has 1 fully saturated rings. The second-order valence-electron chi connectivity index (χ2n) is 5.24. The van der Waals surface area contributed by atoms with Gasteiger partial charge in [0, 0.05) is 12.1 Å². The predicted molar refractivity (Wildman–Crippen MR) is 75.7 cm³/mol. The summed E-state index contributed by atoms with van der Waals surface area (Å²) in [6.07, 6.45) is 1.67. The minimum atomic E-state index is -0.531. The summed E-state index contributed by atoms with van der Waals surface area (Å²) in [4.78, 5) is 26.0. The lowest BCUT2D eigenvalue weighted by Crippen LogP contribution is -2.35. The second kappa shape index (κ2) is 4.68. The molecule has 0 unspecified atom stereocenters. The largest absolute Gasteiger partial charge is 0.398 e. The van der Waals surface area contributed by atoms with E-state index < -0.39 is 5.41 Å². The number of imide groups is 1. The van der Waals surface area contributed by atoms with Crippen molar-refractivity contribution in [2.45, 2.75) is 40.0 Å². The van der Waals surface area contributed by atoms with Crippen molar-refractivity contribution in [1.29, 1.82) is 0 Å². The highest BCUT2D eigenvalue weighted by atomic mass is 16.2. The number of carbonyl (C=O) groups is 2. The lowest BCUT2D eigenvalue weighted by atomic mass is 9.81. The number of aryl methyl sites for hydroxylation is 1. The minimum absolute atomic E-state index is 0.0919. The molecule has 0 aromatic heterocycles. The molecule has 0 saturated carbocycles. The highest BCUT2D eigenvalue weighted by molar-refractivity contribution is 6.22. The van der Waals surface area contributed by atoms with Crippen LogP contribution in [0.2, 0.25) is 0 Å². The van der Waals surface area contributed by atoms with Crippen LogP contribution in [0, 0.1) is 12.3 Å². The van der Waals surface area contributed by atoms with Gasteiger partial charge in [-0.3, -0.25) is 9.59 Å². The van der Waals surface area contributed by atoms with E-state index in [4.69, 9.17) is 5.73 Å². The third kappa shape index (κ3) is 2.01. The SMILES string of the molecule is CCC1(CC)CC(=O)N(c2ccc(C)c(N)c2)C1=O. The number of benzene rings is 1. The number of hydrogen-bond donors (Lipinski definition) is 1. The molecule has 1 aromatic rings. The first-order valence-electron chi connectivity index (χ1n) is 6.68. The molecule has 0 bridgehead atoms. The molecule has 0 atom stereocenters. The Labute approximate surface area is 113 Å². The molecule has 2 N–H and O–H groups in total. The van der Waals surface area contributed by atoms with Gasteiger partial charge in [0.05, 0.1) is 11.1 Å². The van der Waals surface area contributed by atoms with Crippen LogP contribution in [0.25, 0.3) is 0 Å². The van der Waals surface area contributed by atoms with Crippen LogP contribution >= 0.6 is 0 Å².